The van der Waals surface area contributed by atoms with Crippen molar-refractivity contribution in [1.82, 2.24) is 24.7 Å². The van der Waals surface area contributed by atoms with Crippen molar-refractivity contribution in [3.8, 4) is 0 Å². The van der Waals surface area contributed by atoms with Crippen LogP contribution < -0.4 is 15.5 Å². The highest BCUT2D eigenvalue weighted by Gasteiger charge is 2.29. The lowest BCUT2D eigenvalue weighted by Crippen LogP contribution is -2.34. The van der Waals surface area contributed by atoms with Crippen molar-refractivity contribution in [3.63, 3.8) is 0 Å². The molecule has 9 heteroatoms. The number of carbonyl (C=O) groups excluding carboxylic acids is 1. The van der Waals surface area contributed by atoms with Gasteiger partial charge in [0.15, 0.2) is 0 Å². The first-order chi connectivity index (χ1) is 14.0. The van der Waals surface area contributed by atoms with Crippen LogP contribution in [0.15, 0.2) is 30.9 Å². The van der Waals surface area contributed by atoms with Crippen LogP contribution >= 0.6 is 11.6 Å². The lowest BCUT2D eigenvalue weighted by Gasteiger charge is -2.17. The number of anilines is 2. The summed E-state index contributed by atoms with van der Waals surface area (Å²) in [4.78, 5) is 27.9. The van der Waals surface area contributed by atoms with Crippen molar-refractivity contribution >= 4 is 34.7 Å². The fraction of sp³-hybridized carbons (Fsp3) is 0.400. The third-order valence-electron chi connectivity index (χ3n) is 5.34. The van der Waals surface area contributed by atoms with Crippen LogP contribution in [0.1, 0.15) is 35.4 Å². The van der Waals surface area contributed by atoms with Crippen molar-refractivity contribution in [2.45, 2.75) is 38.3 Å². The first kappa shape index (κ1) is 18.3. The predicted molar refractivity (Wildman–Crippen MR) is 112 cm³/mol. The molecule has 2 N–H and O–H groups in total. The van der Waals surface area contributed by atoms with Crippen LogP contribution in [-0.4, -0.2) is 50.4 Å². The number of aromatic nitrogens is 4. The molecule has 3 aromatic heterocycles. The molecule has 150 valence electrons. The second-order valence-electron chi connectivity index (χ2n) is 7.77. The van der Waals surface area contributed by atoms with Crippen LogP contribution in [0, 0.1) is 6.92 Å². The van der Waals surface area contributed by atoms with E-state index in [9.17, 15) is 4.79 Å². The van der Waals surface area contributed by atoms with Gasteiger partial charge in [0.25, 0.3) is 5.91 Å². The predicted octanol–water partition coefficient (Wildman–Crippen LogP) is 2.67. The largest absolute Gasteiger partial charge is 0.354 e. The Bertz CT molecular complexity index is 1060. The van der Waals surface area contributed by atoms with E-state index in [-0.39, 0.29) is 11.6 Å². The standard InChI is InChI=1S/C20H22ClN7O/c1-12-9-28-11-17(15(21)6-18(28)24-12)26-20(29)16-7-23-19(8-22-16)27-5-4-14(10-27)25-13-2-3-13/h6-9,11,13-14,25H,2-5,10H2,1H3,(H,26,29)/t14-/m1/s1. The van der Waals surface area contributed by atoms with Crippen LogP contribution in [0.2, 0.25) is 5.02 Å². The van der Waals surface area contributed by atoms with E-state index in [0.29, 0.717) is 22.8 Å². The first-order valence-electron chi connectivity index (χ1n) is 9.84. The van der Waals surface area contributed by atoms with Gasteiger partial charge >= 0.3 is 0 Å². The topological polar surface area (TPSA) is 87.5 Å². The molecule has 5 rings (SSSR count). The molecular weight excluding hydrogens is 390 g/mol. The van der Waals surface area contributed by atoms with Gasteiger partial charge in [-0.1, -0.05) is 11.6 Å². The molecule has 2 aliphatic rings. The van der Waals surface area contributed by atoms with Crippen molar-refractivity contribution in [2.24, 2.45) is 0 Å². The monoisotopic (exact) mass is 411 g/mol. The van der Waals surface area contributed by atoms with Gasteiger partial charge in [-0.15, -0.1) is 0 Å². The van der Waals surface area contributed by atoms with E-state index < -0.39 is 0 Å². The maximum atomic E-state index is 12.6. The van der Waals surface area contributed by atoms with E-state index in [2.05, 4.69) is 30.5 Å². The molecule has 1 saturated heterocycles. The number of nitrogens with zero attached hydrogens (tertiary/aromatic N) is 5. The van der Waals surface area contributed by atoms with Gasteiger partial charge in [-0.2, -0.15) is 0 Å². The third kappa shape index (κ3) is 3.90. The molecular formula is C20H22ClN7O. The summed E-state index contributed by atoms with van der Waals surface area (Å²) < 4.78 is 1.82. The summed E-state index contributed by atoms with van der Waals surface area (Å²) in [5.41, 5.74) is 2.36. The minimum absolute atomic E-state index is 0.249. The molecule has 1 saturated carbocycles. The van der Waals surface area contributed by atoms with Gasteiger partial charge < -0.3 is 19.9 Å². The average Bonchev–Trinajstić information content (AvgIpc) is 3.26. The van der Waals surface area contributed by atoms with E-state index in [1.54, 1.807) is 18.5 Å². The highest BCUT2D eigenvalue weighted by Crippen LogP contribution is 2.25. The molecule has 0 unspecified atom stereocenters. The van der Waals surface area contributed by atoms with Crippen molar-refractivity contribution in [3.05, 3.63) is 47.3 Å². The van der Waals surface area contributed by atoms with Gasteiger partial charge in [-0.25, -0.2) is 15.0 Å². The minimum atomic E-state index is -0.350. The van der Waals surface area contributed by atoms with Gasteiger partial charge in [0, 0.05) is 43.6 Å². The number of halogens is 1. The molecule has 1 aliphatic heterocycles. The van der Waals surface area contributed by atoms with Gasteiger partial charge in [-0.05, 0) is 26.2 Å². The molecule has 0 aromatic carbocycles. The Morgan fingerprint density at radius 2 is 2.03 bits per heavy atom. The number of aryl methyl sites for hydroxylation is 1. The molecule has 3 aromatic rings. The fourth-order valence-electron chi connectivity index (χ4n) is 3.70. The Kier molecular flexibility index (Phi) is 4.60. The summed E-state index contributed by atoms with van der Waals surface area (Å²) in [6, 6.07) is 2.93. The van der Waals surface area contributed by atoms with Crippen LogP contribution in [0.5, 0.6) is 0 Å². The Labute approximate surface area is 173 Å². The number of nitrogens with one attached hydrogen (secondary N) is 2. The molecule has 29 heavy (non-hydrogen) atoms. The number of fused-ring (bicyclic) bond motifs is 1. The van der Waals surface area contributed by atoms with Crippen LogP contribution in [-0.2, 0) is 0 Å². The quantitative estimate of drug-likeness (QED) is 0.671. The average molecular weight is 412 g/mol. The van der Waals surface area contributed by atoms with Crippen LogP contribution in [0.25, 0.3) is 5.65 Å². The summed E-state index contributed by atoms with van der Waals surface area (Å²) in [6.07, 6.45) is 10.5. The summed E-state index contributed by atoms with van der Waals surface area (Å²) in [5, 5.41) is 6.89. The number of imidazole rings is 1. The molecule has 8 nitrogen and oxygen atoms in total. The molecule has 1 atom stereocenters. The fourth-order valence-corrected chi connectivity index (χ4v) is 3.90. The van der Waals surface area contributed by atoms with Crippen LogP contribution in [0.4, 0.5) is 11.5 Å². The molecule has 0 radical (unpaired) electrons. The zero-order valence-corrected chi connectivity index (χ0v) is 16.9. The summed E-state index contributed by atoms with van der Waals surface area (Å²) >= 11 is 6.29. The lowest BCUT2D eigenvalue weighted by molar-refractivity contribution is 0.102. The van der Waals surface area contributed by atoms with E-state index in [0.717, 1.165) is 36.7 Å². The number of hydrogen-bond donors (Lipinski definition) is 2. The molecule has 0 spiro atoms. The molecule has 4 heterocycles. The summed E-state index contributed by atoms with van der Waals surface area (Å²) in [5.74, 6) is 0.451. The molecule has 0 bridgehead atoms. The number of amides is 1. The minimum Gasteiger partial charge on any atom is -0.354 e. The summed E-state index contributed by atoms with van der Waals surface area (Å²) in [7, 11) is 0. The SMILES string of the molecule is Cc1cn2cc(NC(=O)c3cnc(N4CC[C@@H](NC5CC5)C4)cn3)c(Cl)cc2n1. The molecule has 1 aliphatic carbocycles. The zero-order valence-electron chi connectivity index (χ0n) is 16.1. The third-order valence-corrected chi connectivity index (χ3v) is 5.66. The number of pyridine rings is 1. The Morgan fingerprint density at radius 3 is 2.79 bits per heavy atom. The van der Waals surface area contributed by atoms with E-state index in [1.807, 2.05) is 17.5 Å². The van der Waals surface area contributed by atoms with Crippen molar-refractivity contribution in [1.29, 1.82) is 0 Å². The van der Waals surface area contributed by atoms with Gasteiger partial charge in [-0.3, -0.25) is 4.79 Å². The van der Waals surface area contributed by atoms with Crippen LogP contribution in [0.3, 0.4) is 0 Å². The maximum Gasteiger partial charge on any atom is 0.275 e. The van der Waals surface area contributed by atoms with Gasteiger partial charge in [0.2, 0.25) is 0 Å². The van der Waals surface area contributed by atoms with Crippen molar-refractivity contribution < 1.29 is 4.79 Å². The number of rotatable bonds is 5. The van der Waals surface area contributed by atoms with Gasteiger partial charge in [0.05, 0.1) is 28.8 Å². The lowest BCUT2D eigenvalue weighted by atomic mass is 10.2. The highest BCUT2D eigenvalue weighted by molar-refractivity contribution is 6.34. The normalized spacial score (nSPS) is 19.1. The molecule has 1 amide bonds. The maximum absolute atomic E-state index is 12.6. The van der Waals surface area contributed by atoms with E-state index >= 15 is 0 Å². The van der Waals surface area contributed by atoms with Crippen molar-refractivity contribution in [2.75, 3.05) is 23.3 Å². The highest BCUT2D eigenvalue weighted by atomic mass is 35.5. The Balaban J connectivity index is 1.26. The number of carbonyl (C=O) groups is 1. The van der Waals surface area contributed by atoms with E-state index in [1.165, 1.54) is 19.0 Å². The van der Waals surface area contributed by atoms with Gasteiger partial charge in [0.1, 0.15) is 17.2 Å². The zero-order chi connectivity index (χ0) is 20.0. The van der Waals surface area contributed by atoms with E-state index in [4.69, 9.17) is 11.6 Å². The Hall–Kier alpha value is -2.71. The second-order valence-corrected chi connectivity index (χ2v) is 8.18. The molecule has 2 fully saturated rings. The second kappa shape index (κ2) is 7.27. The summed E-state index contributed by atoms with van der Waals surface area (Å²) in [6.45, 7) is 3.78. The first-order valence-corrected chi connectivity index (χ1v) is 10.2. The number of hydrogen-bond acceptors (Lipinski definition) is 6. The Morgan fingerprint density at radius 1 is 1.17 bits per heavy atom. The smallest absolute Gasteiger partial charge is 0.275 e.